The number of hydrogen-bond acceptors (Lipinski definition) is 1. The minimum atomic E-state index is 1.03. The summed E-state index contributed by atoms with van der Waals surface area (Å²) in [6, 6.07) is 0. The van der Waals surface area contributed by atoms with Crippen LogP contribution in [0.1, 0.15) is 51.4 Å². The fourth-order valence-corrected chi connectivity index (χ4v) is 3.04. The van der Waals surface area contributed by atoms with Crippen LogP contribution in [0.5, 0.6) is 0 Å². The number of rotatable bonds is 1. The summed E-state index contributed by atoms with van der Waals surface area (Å²) in [5, 5.41) is 3.51. The smallest absolute Gasteiger partial charge is 0.00174 e. The maximum absolute atomic E-state index is 3.51. The first-order chi connectivity index (χ1) is 6.47. The number of hydrogen-bond donors (Lipinski definition) is 1. The average molecular weight is 181 g/mol. The first kappa shape index (κ1) is 9.51. The van der Waals surface area contributed by atoms with E-state index in [1.165, 1.54) is 64.5 Å². The molecular weight excluding hydrogens is 158 g/mol. The van der Waals surface area contributed by atoms with Gasteiger partial charge < -0.3 is 5.32 Å². The standard InChI is InChI=1S/C12H23N/c1-2-4-6-11(7-5-3-1)12-8-9-13-10-12/h11-13H,1-10H2. The van der Waals surface area contributed by atoms with Crippen molar-refractivity contribution in [3.05, 3.63) is 0 Å². The highest BCUT2D eigenvalue weighted by Gasteiger charge is 2.24. The maximum Gasteiger partial charge on any atom is -0.00174 e. The topological polar surface area (TPSA) is 12.0 Å². The monoisotopic (exact) mass is 181 g/mol. The first-order valence-electron chi connectivity index (χ1n) is 6.17. The summed E-state index contributed by atoms with van der Waals surface area (Å²) in [4.78, 5) is 0. The SMILES string of the molecule is C1CCCC(C2CCNC2)CCC1. The van der Waals surface area contributed by atoms with E-state index in [1.54, 1.807) is 0 Å². The fraction of sp³-hybridized carbons (Fsp3) is 1.00. The Morgan fingerprint density at radius 1 is 0.692 bits per heavy atom. The van der Waals surface area contributed by atoms with Crippen molar-refractivity contribution in [2.75, 3.05) is 13.1 Å². The molecule has 1 heteroatoms. The lowest BCUT2D eigenvalue weighted by Crippen LogP contribution is -2.18. The fourth-order valence-electron chi connectivity index (χ4n) is 3.04. The van der Waals surface area contributed by atoms with E-state index in [9.17, 15) is 0 Å². The molecule has 1 aliphatic heterocycles. The van der Waals surface area contributed by atoms with Crippen LogP contribution in [0, 0.1) is 11.8 Å². The van der Waals surface area contributed by atoms with Gasteiger partial charge in [0.05, 0.1) is 0 Å². The average Bonchev–Trinajstić information content (AvgIpc) is 2.55. The molecule has 2 rings (SSSR count). The molecular formula is C12H23N. The second kappa shape index (κ2) is 4.99. The molecule has 0 aromatic carbocycles. The zero-order valence-corrected chi connectivity index (χ0v) is 8.73. The summed E-state index contributed by atoms with van der Waals surface area (Å²) in [7, 11) is 0. The molecule has 1 atom stereocenters. The third-order valence-corrected chi connectivity index (χ3v) is 3.91. The lowest BCUT2D eigenvalue weighted by molar-refractivity contribution is 0.281. The van der Waals surface area contributed by atoms with Gasteiger partial charge in [-0.25, -0.2) is 0 Å². The summed E-state index contributed by atoms with van der Waals surface area (Å²) in [5.74, 6) is 2.09. The quantitative estimate of drug-likeness (QED) is 0.656. The van der Waals surface area contributed by atoms with E-state index in [4.69, 9.17) is 0 Å². The largest absolute Gasteiger partial charge is 0.316 e. The molecule has 1 aliphatic carbocycles. The van der Waals surface area contributed by atoms with E-state index in [0.29, 0.717) is 0 Å². The molecule has 1 nitrogen and oxygen atoms in total. The summed E-state index contributed by atoms with van der Waals surface area (Å²) < 4.78 is 0. The Morgan fingerprint density at radius 3 is 2.00 bits per heavy atom. The molecule has 2 fully saturated rings. The molecule has 1 saturated carbocycles. The Morgan fingerprint density at radius 2 is 1.38 bits per heavy atom. The molecule has 1 heterocycles. The molecule has 1 unspecified atom stereocenters. The van der Waals surface area contributed by atoms with Crippen LogP contribution in [0.2, 0.25) is 0 Å². The van der Waals surface area contributed by atoms with Gasteiger partial charge >= 0.3 is 0 Å². The molecule has 1 saturated heterocycles. The van der Waals surface area contributed by atoms with Gasteiger partial charge in [0.2, 0.25) is 0 Å². The molecule has 0 aromatic rings. The Labute approximate surface area is 82.3 Å². The Kier molecular flexibility index (Phi) is 3.65. The minimum absolute atomic E-state index is 1.03. The van der Waals surface area contributed by atoms with Gasteiger partial charge in [-0.1, -0.05) is 44.9 Å². The van der Waals surface area contributed by atoms with Gasteiger partial charge in [-0.15, -0.1) is 0 Å². The van der Waals surface area contributed by atoms with E-state index >= 15 is 0 Å². The molecule has 0 amide bonds. The number of nitrogens with one attached hydrogen (secondary N) is 1. The van der Waals surface area contributed by atoms with Gasteiger partial charge in [0.1, 0.15) is 0 Å². The van der Waals surface area contributed by atoms with Crippen LogP contribution in [0.4, 0.5) is 0 Å². The summed E-state index contributed by atoms with van der Waals surface area (Å²) in [6.07, 6.45) is 12.0. The normalized spacial score (nSPS) is 32.8. The molecule has 0 aromatic heterocycles. The molecule has 0 radical (unpaired) electrons. The van der Waals surface area contributed by atoms with Crippen LogP contribution in [-0.2, 0) is 0 Å². The zero-order chi connectivity index (χ0) is 8.93. The second-order valence-electron chi connectivity index (χ2n) is 4.86. The van der Waals surface area contributed by atoms with E-state index in [0.717, 1.165) is 11.8 Å². The Balaban J connectivity index is 1.80. The lowest BCUT2D eigenvalue weighted by Gasteiger charge is -2.24. The lowest BCUT2D eigenvalue weighted by atomic mass is 9.81. The van der Waals surface area contributed by atoms with Crippen LogP contribution in [0.25, 0.3) is 0 Å². The van der Waals surface area contributed by atoms with Crippen LogP contribution >= 0.6 is 0 Å². The van der Waals surface area contributed by atoms with Crippen LogP contribution in [0.15, 0.2) is 0 Å². The third-order valence-electron chi connectivity index (χ3n) is 3.91. The van der Waals surface area contributed by atoms with Crippen molar-refractivity contribution in [3.63, 3.8) is 0 Å². The van der Waals surface area contributed by atoms with Crippen molar-refractivity contribution in [2.45, 2.75) is 51.4 Å². The van der Waals surface area contributed by atoms with Crippen molar-refractivity contribution in [2.24, 2.45) is 11.8 Å². The van der Waals surface area contributed by atoms with E-state index in [-0.39, 0.29) is 0 Å². The third kappa shape index (κ3) is 2.70. The Hall–Kier alpha value is -0.0400. The van der Waals surface area contributed by atoms with E-state index in [2.05, 4.69) is 5.32 Å². The molecule has 2 aliphatic rings. The predicted molar refractivity (Wildman–Crippen MR) is 56.8 cm³/mol. The van der Waals surface area contributed by atoms with Gasteiger partial charge in [0.15, 0.2) is 0 Å². The Bertz CT molecular complexity index is 130. The first-order valence-corrected chi connectivity index (χ1v) is 6.17. The zero-order valence-electron chi connectivity index (χ0n) is 8.73. The highest BCUT2D eigenvalue weighted by molar-refractivity contribution is 4.79. The molecule has 0 bridgehead atoms. The van der Waals surface area contributed by atoms with Crippen molar-refractivity contribution >= 4 is 0 Å². The van der Waals surface area contributed by atoms with E-state index < -0.39 is 0 Å². The molecule has 0 spiro atoms. The predicted octanol–water partition coefficient (Wildman–Crippen LogP) is 2.96. The molecule has 76 valence electrons. The highest BCUT2D eigenvalue weighted by atomic mass is 14.9. The van der Waals surface area contributed by atoms with Crippen molar-refractivity contribution < 1.29 is 0 Å². The van der Waals surface area contributed by atoms with Gasteiger partial charge in [0.25, 0.3) is 0 Å². The van der Waals surface area contributed by atoms with Crippen molar-refractivity contribution in [1.29, 1.82) is 0 Å². The summed E-state index contributed by atoms with van der Waals surface area (Å²) >= 11 is 0. The van der Waals surface area contributed by atoms with Crippen LogP contribution in [-0.4, -0.2) is 13.1 Å². The summed E-state index contributed by atoms with van der Waals surface area (Å²) in [6.45, 7) is 2.59. The van der Waals surface area contributed by atoms with Crippen molar-refractivity contribution in [3.8, 4) is 0 Å². The van der Waals surface area contributed by atoms with Crippen LogP contribution < -0.4 is 5.32 Å². The maximum atomic E-state index is 3.51. The van der Waals surface area contributed by atoms with Crippen LogP contribution in [0.3, 0.4) is 0 Å². The van der Waals surface area contributed by atoms with Gasteiger partial charge in [-0.3, -0.25) is 0 Å². The van der Waals surface area contributed by atoms with E-state index in [1.807, 2.05) is 0 Å². The summed E-state index contributed by atoms with van der Waals surface area (Å²) in [5.41, 5.74) is 0. The minimum Gasteiger partial charge on any atom is -0.316 e. The van der Waals surface area contributed by atoms with Gasteiger partial charge in [-0.2, -0.15) is 0 Å². The molecule has 1 N–H and O–H groups in total. The molecule has 13 heavy (non-hydrogen) atoms. The second-order valence-corrected chi connectivity index (χ2v) is 4.86. The van der Waals surface area contributed by atoms with Gasteiger partial charge in [-0.05, 0) is 31.3 Å². The van der Waals surface area contributed by atoms with Gasteiger partial charge in [0, 0.05) is 0 Å². The van der Waals surface area contributed by atoms with Crippen molar-refractivity contribution in [1.82, 2.24) is 5.32 Å². The highest BCUT2D eigenvalue weighted by Crippen LogP contribution is 2.31.